The van der Waals surface area contributed by atoms with E-state index >= 15 is 0 Å². The molecule has 0 saturated carbocycles. The number of nitrogens with zero attached hydrogens (tertiary/aromatic N) is 1. The van der Waals surface area contributed by atoms with E-state index in [4.69, 9.17) is 4.74 Å². The maximum Gasteiger partial charge on any atom is 0.305 e. The number of aryl methyl sites for hydroxylation is 2. The van der Waals surface area contributed by atoms with Crippen molar-refractivity contribution < 1.29 is 14.3 Å². The summed E-state index contributed by atoms with van der Waals surface area (Å²) in [4.78, 5) is 25.7. The van der Waals surface area contributed by atoms with Gasteiger partial charge in [-0.2, -0.15) is 0 Å². The van der Waals surface area contributed by atoms with Crippen LogP contribution in [0.3, 0.4) is 0 Å². The highest BCUT2D eigenvalue weighted by Gasteiger charge is 2.23. The van der Waals surface area contributed by atoms with Gasteiger partial charge < -0.3 is 10.1 Å². The van der Waals surface area contributed by atoms with Gasteiger partial charge in [-0.25, -0.2) is 0 Å². The standard InChI is InChI=1S/C18H26N2O3/c1-13-5-4-6-14(2)18(13)19-16(21)12-20-9-7-15(8-10-20)11-17(22)23-3/h4-6,15H,7-12H2,1-3H3,(H,19,21). The Morgan fingerprint density at radius 2 is 1.83 bits per heavy atom. The second-order valence-corrected chi connectivity index (χ2v) is 6.31. The summed E-state index contributed by atoms with van der Waals surface area (Å²) in [5.41, 5.74) is 3.07. The number of benzene rings is 1. The molecule has 0 radical (unpaired) electrons. The third kappa shape index (κ3) is 5.06. The van der Waals surface area contributed by atoms with Gasteiger partial charge in [-0.1, -0.05) is 18.2 Å². The Bertz CT molecular complexity index is 543. The Balaban J connectivity index is 1.80. The van der Waals surface area contributed by atoms with E-state index in [-0.39, 0.29) is 11.9 Å². The highest BCUT2D eigenvalue weighted by atomic mass is 16.5. The number of carbonyl (C=O) groups is 2. The van der Waals surface area contributed by atoms with Crippen LogP contribution in [0.2, 0.25) is 0 Å². The van der Waals surface area contributed by atoms with Crippen molar-refractivity contribution in [3.63, 3.8) is 0 Å². The molecule has 1 saturated heterocycles. The van der Waals surface area contributed by atoms with Gasteiger partial charge in [-0.3, -0.25) is 14.5 Å². The number of esters is 1. The molecule has 1 heterocycles. The van der Waals surface area contributed by atoms with Crippen molar-refractivity contribution in [3.05, 3.63) is 29.3 Å². The number of anilines is 1. The lowest BCUT2D eigenvalue weighted by Gasteiger charge is -2.31. The maximum atomic E-state index is 12.3. The number of carbonyl (C=O) groups excluding carboxylic acids is 2. The summed E-state index contributed by atoms with van der Waals surface area (Å²) in [7, 11) is 1.43. The van der Waals surface area contributed by atoms with Crippen molar-refractivity contribution in [1.29, 1.82) is 0 Å². The third-order valence-electron chi connectivity index (χ3n) is 4.50. The first-order valence-electron chi connectivity index (χ1n) is 8.15. The second-order valence-electron chi connectivity index (χ2n) is 6.31. The van der Waals surface area contributed by atoms with E-state index in [1.807, 2.05) is 32.0 Å². The SMILES string of the molecule is COC(=O)CC1CCN(CC(=O)Nc2c(C)cccc2C)CC1. The molecule has 1 aliphatic heterocycles. The molecule has 1 amide bonds. The molecule has 0 atom stereocenters. The molecule has 0 aromatic heterocycles. The number of amides is 1. The molecule has 0 unspecified atom stereocenters. The smallest absolute Gasteiger partial charge is 0.305 e. The van der Waals surface area contributed by atoms with Crippen LogP contribution in [0, 0.1) is 19.8 Å². The zero-order valence-corrected chi connectivity index (χ0v) is 14.2. The van der Waals surface area contributed by atoms with Crippen LogP contribution < -0.4 is 5.32 Å². The number of methoxy groups -OCH3 is 1. The summed E-state index contributed by atoms with van der Waals surface area (Å²) in [5, 5.41) is 3.02. The first-order valence-corrected chi connectivity index (χ1v) is 8.15. The van der Waals surface area contributed by atoms with Gasteiger partial charge in [-0.05, 0) is 56.8 Å². The minimum Gasteiger partial charge on any atom is -0.469 e. The zero-order chi connectivity index (χ0) is 16.8. The van der Waals surface area contributed by atoms with Gasteiger partial charge in [0.1, 0.15) is 0 Å². The number of para-hydroxylation sites is 1. The molecular weight excluding hydrogens is 292 g/mol. The molecule has 2 rings (SSSR count). The van der Waals surface area contributed by atoms with Crippen LogP contribution in [0.25, 0.3) is 0 Å². The predicted molar refractivity (Wildman–Crippen MR) is 90.3 cm³/mol. The Morgan fingerprint density at radius 1 is 1.22 bits per heavy atom. The molecular formula is C18H26N2O3. The van der Waals surface area contributed by atoms with Gasteiger partial charge in [0.25, 0.3) is 0 Å². The van der Waals surface area contributed by atoms with E-state index < -0.39 is 0 Å². The Morgan fingerprint density at radius 3 is 2.39 bits per heavy atom. The molecule has 5 heteroatoms. The van der Waals surface area contributed by atoms with Crippen LogP contribution >= 0.6 is 0 Å². The quantitative estimate of drug-likeness (QED) is 0.848. The molecule has 23 heavy (non-hydrogen) atoms. The molecule has 1 N–H and O–H groups in total. The van der Waals surface area contributed by atoms with Gasteiger partial charge in [0, 0.05) is 12.1 Å². The normalized spacial score (nSPS) is 16.1. The molecule has 1 aromatic carbocycles. The summed E-state index contributed by atoms with van der Waals surface area (Å²) in [5.74, 6) is 0.255. The molecule has 0 aliphatic carbocycles. The van der Waals surface area contributed by atoms with Crippen molar-refractivity contribution in [2.75, 3.05) is 32.1 Å². The average molecular weight is 318 g/mol. The van der Waals surface area contributed by atoms with Crippen molar-refractivity contribution in [2.45, 2.75) is 33.1 Å². The highest BCUT2D eigenvalue weighted by Crippen LogP contribution is 2.22. The highest BCUT2D eigenvalue weighted by molar-refractivity contribution is 5.93. The number of likely N-dealkylation sites (tertiary alicyclic amines) is 1. The summed E-state index contributed by atoms with van der Waals surface area (Å²) in [6.07, 6.45) is 2.36. The Kier molecular flexibility index (Phi) is 6.16. The van der Waals surface area contributed by atoms with E-state index in [0.29, 0.717) is 18.9 Å². The molecule has 0 spiro atoms. The monoisotopic (exact) mass is 318 g/mol. The average Bonchev–Trinajstić information content (AvgIpc) is 2.53. The molecule has 1 aromatic rings. The Hall–Kier alpha value is -1.88. The molecule has 1 aliphatic rings. The number of hydrogen-bond acceptors (Lipinski definition) is 4. The van der Waals surface area contributed by atoms with Crippen molar-refractivity contribution in [2.24, 2.45) is 5.92 Å². The van der Waals surface area contributed by atoms with E-state index in [1.165, 1.54) is 7.11 Å². The maximum absolute atomic E-state index is 12.3. The van der Waals surface area contributed by atoms with Crippen molar-refractivity contribution in [1.82, 2.24) is 4.90 Å². The van der Waals surface area contributed by atoms with Crippen LogP contribution in [-0.2, 0) is 14.3 Å². The van der Waals surface area contributed by atoms with Crippen LogP contribution in [-0.4, -0.2) is 43.5 Å². The fourth-order valence-electron chi connectivity index (χ4n) is 3.06. The van der Waals surface area contributed by atoms with Gasteiger partial charge in [0.05, 0.1) is 13.7 Å². The third-order valence-corrected chi connectivity index (χ3v) is 4.50. The molecule has 0 bridgehead atoms. The predicted octanol–water partition coefficient (Wildman–Crippen LogP) is 2.52. The Labute approximate surface area is 138 Å². The minimum atomic E-state index is -0.142. The number of nitrogens with one attached hydrogen (secondary N) is 1. The van der Waals surface area contributed by atoms with Crippen LogP contribution in [0.15, 0.2) is 18.2 Å². The van der Waals surface area contributed by atoms with Crippen molar-refractivity contribution in [3.8, 4) is 0 Å². The van der Waals surface area contributed by atoms with Gasteiger partial charge >= 0.3 is 5.97 Å². The summed E-state index contributed by atoms with van der Waals surface area (Å²) >= 11 is 0. The van der Waals surface area contributed by atoms with Crippen molar-refractivity contribution >= 4 is 17.6 Å². The number of piperidine rings is 1. The van der Waals surface area contributed by atoms with E-state index in [9.17, 15) is 9.59 Å². The molecule has 126 valence electrons. The molecule has 1 fully saturated rings. The first-order chi connectivity index (χ1) is 11.0. The van der Waals surface area contributed by atoms with Crippen LogP contribution in [0.4, 0.5) is 5.69 Å². The second kappa shape index (κ2) is 8.11. The number of hydrogen-bond donors (Lipinski definition) is 1. The summed E-state index contributed by atoms with van der Waals surface area (Å²) < 4.78 is 4.72. The minimum absolute atomic E-state index is 0.0221. The largest absolute Gasteiger partial charge is 0.469 e. The summed E-state index contributed by atoms with van der Waals surface area (Å²) in [6, 6.07) is 5.99. The first kappa shape index (κ1) is 17.5. The van der Waals surface area contributed by atoms with Gasteiger partial charge in [0.2, 0.25) is 5.91 Å². The van der Waals surface area contributed by atoms with Gasteiger partial charge in [-0.15, -0.1) is 0 Å². The van der Waals surface area contributed by atoms with Gasteiger partial charge in [0.15, 0.2) is 0 Å². The van der Waals surface area contributed by atoms with Crippen LogP contribution in [0.1, 0.15) is 30.4 Å². The lowest BCUT2D eigenvalue weighted by molar-refractivity contribution is -0.142. The fraction of sp³-hybridized carbons (Fsp3) is 0.556. The van der Waals surface area contributed by atoms with E-state index in [1.54, 1.807) is 0 Å². The molecule has 5 nitrogen and oxygen atoms in total. The zero-order valence-electron chi connectivity index (χ0n) is 14.2. The summed E-state index contributed by atoms with van der Waals surface area (Å²) in [6.45, 7) is 6.10. The topological polar surface area (TPSA) is 58.6 Å². The lowest BCUT2D eigenvalue weighted by atomic mass is 9.93. The number of ether oxygens (including phenoxy) is 1. The van der Waals surface area contributed by atoms with E-state index in [0.717, 1.165) is 42.7 Å². The van der Waals surface area contributed by atoms with Crippen LogP contribution in [0.5, 0.6) is 0 Å². The lowest BCUT2D eigenvalue weighted by Crippen LogP contribution is -2.39. The van der Waals surface area contributed by atoms with E-state index in [2.05, 4.69) is 10.2 Å². The fourth-order valence-corrected chi connectivity index (χ4v) is 3.06. The number of rotatable bonds is 5.